The Morgan fingerprint density at radius 1 is 1.08 bits per heavy atom. The number of ether oxygens (including phenoxy) is 2. The molecule has 2 heterocycles. The fourth-order valence-electron chi connectivity index (χ4n) is 3.81. The standard InChI is InChI=1S/C26H26F3N3O4S/c1-17-15-37(14-13-35-18(2)33)16-22(17)36-23(19-7-5-4-6-8-19)24-30-32(25(34)31(24)3)21-11-9-20(10-12-21)26(27,28)29/h4-12,15-16,23,37H,13-14H2,1-3H3. The number of benzene rings is 2. The second-order valence-electron chi connectivity index (χ2n) is 8.45. The molecule has 1 aromatic heterocycles. The molecular formula is C26H26F3N3O4S. The molecule has 3 aromatic rings. The van der Waals surface area contributed by atoms with Crippen LogP contribution in [0.1, 0.15) is 36.9 Å². The van der Waals surface area contributed by atoms with E-state index in [0.29, 0.717) is 23.9 Å². The molecule has 0 fully saturated rings. The second-order valence-corrected chi connectivity index (χ2v) is 10.4. The molecule has 0 saturated heterocycles. The number of alkyl halides is 3. The third-order valence-electron chi connectivity index (χ3n) is 5.72. The van der Waals surface area contributed by atoms with Crippen LogP contribution in [-0.4, -0.2) is 32.7 Å². The second kappa shape index (κ2) is 10.7. The van der Waals surface area contributed by atoms with Crippen molar-refractivity contribution < 1.29 is 27.4 Å². The number of nitrogens with zero attached hydrogens (tertiary/aromatic N) is 3. The van der Waals surface area contributed by atoms with E-state index < -0.39 is 34.4 Å². The summed E-state index contributed by atoms with van der Waals surface area (Å²) < 4.78 is 52.8. The highest BCUT2D eigenvalue weighted by Gasteiger charge is 2.31. The molecule has 0 bridgehead atoms. The fraction of sp³-hybridized carbons (Fsp3) is 0.269. The summed E-state index contributed by atoms with van der Waals surface area (Å²) in [5, 5.41) is 8.54. The van der Waals surface area contributed by atoms with Crippen molar-refractivity contribution in [3.05, 3.63) is 104 Å². The van der Waals surface area contributed by atoms with Crippen molar-refractivity contribution in [2.24, 2.45) is 7.05 Å². The minimum Gasteiger partial charge on any atom is -0.477 e. The third-order valence-corrected chi connectivity index (χ3v) is 7.71. The summed E-state index contributed by atoms with van der Waals surface area (Å²) in [7, 11) is 0.851. The van der Waals surface area contributed by atoms with Crippen LogP contribution in [0.2, 0.25) is 0 Å². The van der Waals surface area contributed by atoms with Gasteiger partial charge in [0, 0.05) is 25.3 Å². The summed E-state index contributed by atoms with van der Waals surface area (Å²) in [5.41, 5.74) is 0.543. The highest BCUT2D eigenvalue weighted by molar-refractivity contribution is 8.22. The van der Waals surface area contributed by atoms with E-state index in [-0.39, 0.29) is 11.7 Å². The fourth-order valence-corrected chi connectivity index (χ4v) is 5.64. The van der Waals surface area contributed by atoms with Gasteiger partial charge >= 0.3 is 17.8 Å². The smallest absolute Gasteiger partial charge is 0.416 e. The van der Waals surface area contributed by atoms with E-state index in [1.807, 2.05) is 42.7 Å². The maximum Gasteiger partial charge on any atom is 0.416 e. The first-order chi connectivity index (χ1) is 17.5. The van der Waals surface area contributed by atoms with E-state index in [1.165, 1.54) is 23.6 Å². The number of esters is 1. The Kier molecular flexibility index (Phi) is 7.63. The molecule has 0 amide bonds. The molecular weight excluding hydrogens is 507 g/mol. The highest BCUT2D eigenvalue weighted by atomic mass is 32.2. The number of hydrogen-bond donors (Lipinski definition) is 1. The van der Waals surface area contributed by atoms with E-state index in [9.17, 15) is 22.8 Å². The Morgan fingerprint density at radius 2 is 1.76 bits per heavy atom. The number of hydrogen-bond acceptors (Lipinski definition) is 5. The van der Waals surface area contributed by atoms with Gasteiger partial charge in [-0.2, -0.15) is 17.9 Å². The number of allylic oxidation sites excluding steroid dienone is 1. The lowest BCUT2D eigenvalue weighted by Crippen LogP contribution is -2.23. The SMILES string of the molecule is CC(=O)OCC[SH]1C=C(C)C(OC(c2ccccc2)c2nn(-c3ccc(C(F)(F)F)cc3)c(=O)n2C)=C1. The van der Waals surface area contributed by atoms with Crippen molar-refractivity contribution >= 4 is 16.9 Å². The van der Waals surface area contributed by atoms with Gasteiger partial charge < -0.3 is 9.47 Å². The molecule has 1 aliphatic heterocycles. The Bertz CT molecular complexity index is 1390. The normalized spacial score (nSPS) is 17.2. The zero-order valence-electron chi connectivity index (χ0n) is 20.4. The summed E-state index contributed by atoms with van der Waals surface area (Å²) in [6, 6.07) is 13.5. The molecule has 0 aliphatic carbocycles. The van der Waals surface area contributed by atoms with Crippen LogP contribution in [0, 0.1) is 0 Å². The van der Waals surface area contributed by atoms with Gasteiger partial charge in [-0.3, -0.25) is 9.36 Å². The number of aromatic nitrogens is 3. The molecule has 2 atom stereocenters. The minimum absolute atomic E-state index is 0.205. The molecule has 4 rings (SSSR count). The molecule has 196 valence electrons. The van der Waals surface area contributed by atoms with Gasteiger partial charge in [-0.15, -0.1) is 5.10 Å². The van der Waals surface area contributed by atoms with Crippen LogP contribution in [0.4, 0.5) is 13.2 Å². The van der Waals surface area contributed by atoms with Gasteiger partial charge in [-0.1, -0.05) is 30.3 Å². The van der Waals surface area contributed by atoms with Crippen LogP contribution in [-0.2, 0) is 27.5 Å². The third kappa shape index (κ3) is 5.99. The van der Waals surface area contributed by atoms with Crippen molar-refractivity contribution in [2.75, 3.05) is 12.4 Å². The lowest BCUT2D eigenvalue weighted by atomic mass is 10.1. The summed E-state index contributed by atoms with van der Waals surface area (Å²) >= 11 is 0. The molecule has 0 saturated carbocycles. The molecule has 0 N–H and O–H groups in total. The summed E-state index contributed by atoms with van der Waals surface area (Å²) in [5.74, 6) is 1.26. The Labute approximate surface area is 214 Å². The van der Waals surface area contributed by atoms with Gasteiger partial charge in [0.2, 0.25) is 0 Å². The van der Waals surface area contributed by atoms with Crippen molar-refractivity contribution in [1.29, 1.82) is 0 Å². The number of carbonyl (C=O) groups is 1. The predicted molar refractivity (Wildman–Crippen MR) is 136 cm³/mol. The van der Waals surface area contributed by atoms with Crippen LogP contribution in [0.5, 0.6) is 0 Å². The van der Waals surface area contributed by atoms with Crippen LogP contribution < -0.4 is 5.69 Å². The van der Waals surface area contributed by atoms with Crippen molar-refractivity contribution in [3.63, 3.8) is 0 Å². The van der Waals surface area contributed by atoms with Gasteiger partial charge in [-0.25, -0.2) is 15.7 Å². The first-order valence-electron chi connectivity index (χ1n) is 11.4. The van der Waals surface area contributed by atoms with Gasteiger partial charge in [0.05, 0.1) is 17.9 Å². The summed E-state index contributed by atoms with van der Waals surface area (Å²) in [4.78, 5) is 24.1. The van der Waals surface area contributed by atoms with Crippen LogP contribution >= 0.6 is 10.9 Å². The molecule has 2 unspecified atom stereocenters. The summed E-state index contributed by atoms with van der Waals surface area (Å²) in [6.45, 7) is 3.59. The van der Waals surface area contributed by atoms with Crippen molar-refractivity contribution in [3.8, 4) is 5.69 Å². The van der Waals surface area contributed by atoms with E-state index >= 15 is 0 Å². The van der Waals surface area contributed by atoms with E-state index in [1.54, 1.807) is 7.05 Å². The molecule has 7 nitrogen and oxygen atoms in total. The average molecular weight is 534 g/mol. The number of carbonyl (C=O) groups excluding carboxylic acids is 1. The lowest BCUT2D eigenvalue weighted by Gasteiger charge is -2.20. The molecule has 0 radical (unpaired) electrons. The Balaban J connectivity index is 1.67. The maximum atomic E-state index is 13.1. The Hall–Kier alpha value is -3.73. The number of thiol groups is 1. The van der Waals surface area contributed by atoms with Gasteiger partial charge in [0.25, 0.3) is 0 Å². The first-order valence-corrected chi connectivity index (χ1v) is 13.1. The number of halogens is 3. The van der Waals surface area contributed by atoms with Crippen LogP contribution in [0.15, 0.2) is 81.5 Å². The summed E-state index contributed by atoms with van der Waals surface area (Å²) in [6.07, 6.45) is -5.24. The highest BCUT2D eigenvalue weighted by Crippen LogP contribution is 2.42. The Morgan fingerprint density at radius 3 is 2.38 bits per heavy atom. The van der Waals surface area contributed by atoms with Gasteiger partial charge in [0.15, 0.2) is 11.9 Å². The topological polar surface area (TPSA) is 75.3 Å². The molecule has 0 spiro atoms. The van der Waals surface area contributed by atoms with Gasteiger partial charge in [-0.05, 0) is 47.6 Å². The van der Waals surface area contributed by atoms with Gasteiger partial charge in [0.1, 0.15) is 5.76 Å². The van der Waals surface area contributed by atoms with E-state index in [2.05, 4.69) is 10.5 Å². The number of rotatable bonds is 8. The lowest BCUT2D eigenvalue weighted by molar-refractivity contribution is -0.140. The van der Waals surface area contributed by atoms with Crippen LogP contribution in [0.25, 0.3) is 5.69 Å². The monoisotopic (exact) mass is 533 g/mol. The zero-order valence-corrected chi connectivity index (χ0v) is 21.3. The minimum atomic E-state index is -4.48. The largest absolute Gasteiger partial charge is 0.477 e. The predicted octanol–water partition coefficient (Wildman–Crippen LogP) is 5.02. The molecule has 11 heteroatoms. The molecule has 1 aliphatic rings. The zero-order chi connectivity index (χ0) is 26.7. The van der Waals surface area contributed by atoms with Crippen LogP contribution in [0.3, 0.4) is 0 Å². The van der Waals surface area contributed by atoms with Crippen molar-refractivity contribution in [2.45, 2.75) is 26.1 Å². The van der Waals surface area contributed by atoms with Crippen molar-refractivity contribution in [1.82, 2.24) is 14.3 Å². The average Bonchev–Trinajstić information content (AvgIpc) is 3.35. The first kappa shape index (κ1) is 26.3. The van der Waals surface area contributed by atoms with E-state index in [4.69, 9.17) is 9.47 Å². The van der Waals surface area contributed by atoms with E-state index in [0.717, 1.165) is 28.0 Å². The molecule has 2 aromatic carbocycles. The molecule has 37 heavy (non-hydrogen) atoms. The maximum absolute atomic E-state index is 13.1. The quantitative estimate of drug-likeness (QED) is 0.325.